The molecule has 0 radical (unpaired) electrons. The summed E-state index contributed by atoms with van der Waals surface area (Å²) >= 11 is 4.73. The highest BCUT2D eigenvalue weighted by atomic mass is 32.2. The lowest BCUT2D eigenvalue weighted by molar-refractivity contribution is -0.140. The van der Waals surface area contributed by atoms with Gasteiger partial charge in [-0.1, -0.05) is 19.1 Å². The molecule has 0 aromatic rings. The molecule has 0 aromatic heterocycles. The second kappa shape index (κ2) is 7.57. The summed E-state index contributed by atoms with van der Waals surface area (Å²) < 4.78 is 29.8. The number of methoxy groups -OCH3 is 1. The second-order valence-corrected chi connectivity index (χ2v) is 6.05. The molecule has 0 rings (SSSR count). The third-order valence-corrected chi connectivity index (χ3v) is 3.95. The van der Waals surface area contributed by atoms with Crippen LogP contribution >= 0.6 is 12.2 Å². The normalized spacial score (nSPS) is 13.1. The van der Waals surface area contributed by atoms with E-state index in [1.54, 1.807) is 6.92 Å². The maximum absolute atomic E-state index is 11.5. The summed E-state index contributed by atoms with van der Waals surface area (Å²) in [6.07, 6.45) is 0.311. The SMILES string of the molecule is COC(=O)CCCS(=O)(=O)NCC(C)C(N)=S. The fraction of sp³-hybridized carbons (Fsp3) is 0.778. The molecule has 0 saturated carbocycles. The van der Waals surface area contributed by atoms with Crippen LogP contribution in [0.25, 0.3) is 0 Å². The van der Waals surface area contributed by atoms with Gasteiger partial charge < -0.3 is 10.5 Å². The molecule has 0 bridgehead atoms. The topological polar surface area (TPSA) is 98.5 Å². The molecular formula is C9H18N2O4S2. The van der Waals surface area contributed by atoms with Crippen molar-refractivity contribution in [2.75, 3.05) is 19.4 Å². The third kappa shape index (κ3) is 8.06. The number of sulfonamides is 1. The van der Waals surface area contributed by atoms with E-state index in [2.05, 4.69) is 9.46 Å². The molecule has 0 heterocycles. The molecule has 0 aromatic carbocycles. The molecule has 17 heavy (non-hydrogen) atoms. The molecule has 3 N–H and O–H groups in total. The Kier molecular flexibility index (Phi) is 7.24. The Morgan fingerprint density at radius 1 is 1.53 bits per heavy atom. The zero-order chi connectivity index (χ0) is 13.5. The number of hydrogen-bond acceptors (Lipinski definition) is 5. The van der Waals surface area contributed by atoms with Gasteiger partial charge in [0.2, 0.25) is 10.0 Å². The zero-order valence-corrected chi connectivity index (χ0v) is 11.6. The van der Waals surface area contributed by atoms with Crippen LogP contribution in [0.3, 0.4) is 0 Å². The largest absolute Gasteiger partial charge is 0.469 e. The highest BCUT2D eigenvalue weighted by molar-refractivity contribution is 7.89. The van der Waals surface area contributed by atoms with Gasteiger partial charge in [-0.2, -0.15) is 0 Å². The quantitative estimate of drug-likeness (QED) is 0.472. The number of thiocarbonyl (C=S) groups is 1. The molecule has 0 aliphatic carbocycles. The van der Waals surface area contributed by atoms with Crippen LogP contribution in [0.5, 0.6) is 0 Å². The minimum atomic E-state index is -3.39. The fourth-order valence-electron chi connectivity index (χ4n) is 0.933. The summed E-state index contributed by atoms with van der Waals surface area (Å²) in [4.78, 5) is 11.0. The van der Waals surface area contributed by atoms with Crippen LogP contribution < -0.4 is 10.5 Å². The van der Waals surface area contributed by atoms with E-state index in [4.69, 9.17) is 18.0 Å². The van der Waals surface area contributed by atoms with Crippen molar-refractivity contribution in [2.45, 2.75) is 19.8 Å². The Labute approximate surface area is 107 Å². The van der Waals surface area contributed by atoms with Crippen LogP contribution in [0.1, 0.15) is 19.8 Å². The monoisotopic (exact) mass is 282 g/mol. The lowest BCUT2D eigenvalue weighted by Gasteiger charge is -2.11. The molecule has 100 valence electrons. The number of carbonyl (C=O) groups is 1. The van der Waals surface area contributed by atoms with Gasteiger partial charge in [0.05, 0.1) is 17.9 Å². The lowest BCUT2D eigenvalue weighted by atomic mass is 10.2. The lowest BCUT2D eigenvalue weighted by Crippen LogP contribution is -2.35. The Hall–Kier alpha value is -0.730. The van der Waals surface area contributed by atoms with E-state index in [1.807, 2.05) is 0 Å². The van der Waals surface area contributed by atoms with Crippen molar-refractivity contribution in [3.8, 4) is 0 Å². The first-order chi connectivity index (χ1) is 7.78. The van der Waals surface area contributed by atoms with Crippen molar-refractivity contribution in [2.24, 2.45) is 11.7 Å². The molecule has 0 amide bonds. The predicted octanol–water partition coefficient (Wildman–Crippen LogP) is -0.219. The summed E-state index contributed by atoms with van der Waals surface area (Å²) in [5.74, 6) is -0.733. The van der Waals surface area contributed by atoms with Gasteiger partial charge in [-0.25, -0.2) is 13.1 Å². The molecule has 0 aliphatic rings. The number of ether oxygens (including phenoxy) is 1. The van der Waals surface area contributed by atoms with Crippen LogP contribution in [0, 0.1) is 5.92 Å². The molecule has 8 heteroatoms. The Bertz CT molecular complexity index is 367. The van der Waals surface area contributed by atoms with Crippen LogP contribution in [0.4, 0.5) is 0 Å². The first-order valence-electron chi connectivity index (χ1n) is 5.12. The highest BCUT2D eigenvalue weighted by Crippen LogP contribution is 1.99. The summed E-state index contributed by atoms with van der Waals surface area (Å²) in [6, 6.07) is 0. The van der Waals surface area contributed by atoms with Gasteiger partial charge in [-0.05, 0) is 6.42 Å². The molecule has 1 unspecified atom stereocenters. The number of hydrogen-bond donors (Lipinski definition) is 2. The van der Waals surface area contributed by atoms with Crippen molar-refractivity contribution in [3.63, 3.8) is 0 Å². The standard InChI is InChI=1S/C9H18N2O4S2/c1-7(9(10)16)6-11-17(13,14)5-3-4-8(12)15-2/h7,11H,3-6H2,1-2H3,(H2,10,16). The third-order valence-electron chi connectivity index (χ3n) is 2.12. The summed E-state index contributed by atoms with van der Waals surface area (Å²) in [5, 5.41) is 0. The molecule has 6 nitrogen and oxygen atoms in total. The molecule has 1 atom stereocenters. The van der Waals surface area contributed by atoms with Crippen molar-refractivity contribution in [1.29, 1.82) is 0 Å². The maximum atomic E-state index is 11.5. The fourth-order valence-corrected chi connectivity index (χ4v) is 2.19. The van der Waals surface area contributed by atoms with E-state index in [-0.39, 0.29) is 36.0 Å². The predicted molar refractivity (Wildman–Crippen MR) is 69.0 cm³/mol. The van der Waals surface area contributed by atoms with E-state index in [1.165, 1.54) is 7.11 Å². The van der Waals surface area contributed by atoms with Gasteiger partial charge in [0, 0.05) is 18.9 Å². The Morgan fingerprint density at radius 3 is 2.59 bits per heavy atom. The molecule has 0 fully saturated rings. The van der Waals surface area contributed by atoms with E-state index in [0.29, 0.717) is 0 Å². The van der Waals surface area contributed by atoms with Gasteiger partial charge in [0.1, 0.15) is 0 Å². The number of carbonyl (C=O) groups excluding carboxylic acids is 1. The van der Waals surface area contributed by atoms with Crippen molar-refractivity contribution in [3.05, 3.63) is 0 Å². The van der Waals surface area contributed by atoms with E-state index < -0.39 is 16.0 Å². The molecule has 0 spiro atoms. The number of nitrogens with two attached hydrogens (primary N) is 1. The minimum Gasteiger partial charge on any atom is -0.469 e. The van der Waals surface area contributed by atoms with E-state index >= 15 is 0 Å². The van der Waals surface area contributed by atoms with Crippen LogP contribution in [-0.4, -0.2) is 38.8 Å². The van der Waals surface area contributed by atoms with Crippen LogP contribution in [0.15, 0.2) is 0 Å². The minimum absolute atomic E-state index is 0.0856. The first-order valence-corrected chi connectivity index (χ1v) is 7.18. The van der Waals surface area contributed by atoms with Gasteiger partial charge in [0.15, 0.2) is 0 Å². The number of rotatable bonds is 8. The maximum Gasteiger partial charge on any atom is 0.305 e. The van der Waals surface area contributed by atoms with Gasteiger partial charge in [-0.15, -0.1) is 0 Å². The van der Waals surface area contributed by atoms with Crippen molar-refractivity contribution in [1.82, 2.24) is 4.72 Å². The molecule has 0 saturated heterocycles. The van der Waals surface area contributed by atoms with Gasteiger partial charge in [-0.3, -0.25) is 4.79 Å². The van der Waals surface area contributed by atoms with Gasteiger partial charge in [0.25, 0.3) is 0 Å². The Balaban J connectivity index is 3.97. The highest BCUT2D eigenvalue weighted by Gasteiger charge is 2.14. The van der Waals surface area contributed by atoms with E-state index in [9.17, 15) is 13.2 Å². The Morgan fingerprint density at radius 2 is 2.12 bits per heavy atom. The summed E-state index contributed by atoms with van der Waals surface area (Å²) in [6.45, 7) is 1.91. The zero-order valence-electron chi connectivity index (χ0n) is 9.93. The smallest absolute Gasteiger partial charge is 0.305 e. The average molecular weight is 282 g/mol. The van der Waals surface area contributed by atoms with Crippen molar-refractivity contribution < 1.29 is 17.9 Å². The van der Waals surface area contributed by atoms with E-state index in [0.717, 1.165) is 0 Å². The van der Waals surface area contributed by atoms with Gasteiger partial charge >= 0.3 is 5.97 Å². The van der Waals surface area contributed by atoms with Crippen LogP contribution in [-0.2, 0) is 19.6 Å². The van der Waals surface area contributed by atoms with Crippen LogP contribution in [0.2, 0.25) is 0 Å². The summed E-state index contributed by atoms with van der Waals surface area (Å²) in [7, 11) is -2.12. The number of esters is 1. The second-order valence-electron chi connectivity index (χ2n) is 3.65. The molecular weight excluding hydrogens is 264 g/mol. The first kappa shape index (κ1) is 16.3. The molecule has 0 aliphatic heterocycles. The average Bonchev–Trinajstić information content (AvgIpc) is 2.25. The summed E-state index contributed by atoms with van der Waals surface area (Å²) in [5.41, 5.74) is 5.36. The number of nitrogens with one attached hydrogen (secondary N) is 1. The van der Waals surface area contributed by atoms with Crippen molar-refractivity contribution >= 4 is 33.2 Å².